The van der Waals surface area contributed by atoms with E-state index in [9.17, 15) is 4.79 Å². The van der Waals surface area contributed by atoms with Gasteiger partial charge in [0.15, 0.2) is 0 Å². The van der Waals surface area contributed by atoms with E-state index in [2.05, 4.69) is 10.6 Å². The van der Waals surface area contributed by atoms with Gasteiger partial charge in [0.05, 0.1) is 0 Å². The molecule has 3 N–H and O–H groups in total. The summed E-state index contributed by atoms with van der Waals surface area (Å²) in [6.45, 7) is 2.22. The summed E-state index contributed by atoms with van der Waals surface area (Å²) in [5, 5.41) is 15.1. The molecule has 1 aliphatic rings. The predicted octanol–water partition coefficient (Wildman–Crippen LogP) is 0.408. The zero-order valence-electron chi connectivity index (χ0n) is 9.60. The third-order valence-corrected chi connectivity index (χ3v) is 1.90. The molecule has 0 saturated carbocycles. The van der Waals surface area contributed by atoms with Gasteiger partial charge < -0.3 is 21.8 Å². The molecule has 0 bridgehead atoms. The van der Waals surface area contributed by atoms with Crippen LogP contribution in [0.15, 0.2) is 12.3 Å². The molecule has 1 heterocycles. The van der Waals surface area contributed by atoms with Crippen LogP contribution in [0, 0.1) is 0 Å². The summed E-state index contributed by atoms with van der Waals surface area (Å²) in [6.07, 6.45) is 5.21. The summed E-state index contributed by atoms with van der Waals surface area (Å²) in [6, 6.07) is 0.473. The van der Waals surface area contributed by atoms with Gasteiger partial charge in [-0.05, 0) is 25.9 Å². The minimum atomic E-state index is -0.310. The van der Waals surface area contributed by atoms with E-state index >= 15 is 0 Å². The minimum absolute atomic E-state index is 0. The number of carbonyl (C=O) groups is 1. The number of hydrogen-bond donors (Lipinski definition) is 2. The van der Waals surface area contributed by atoms with Crippen molar-refractivity contribution in [3.8, 4) is 0 Å². The first-order valence-corrected chi connectivity index (χ1v) is 4.93. The fourth-order valence-electron chi connectivity index (χ4n) is 1.03. The Hall–Kier alpha value is -0.0961. The van der Waals surface area contributed by atoms with E-state index in [-0.39, 0.29) is 38.4 Å². The Labute approximate surface area is 122 Å². The van der Waals surface area contributed by atoms with Crippen molar-refractivity contribution in [2.75, 3.05) is 20.1 Å². The normalized spacial score (nSPS) is 15.6. The smallest absolute Gasteiger partial charge is 0.126 e. The minimum Gasteiger partial charge on any atom is -0.801 e. The van der Waals surface area contributed by atoms with Crippen molar-refractivity contribution in [1.82, 2.24) is 5.32 Å². The van der Waals surface area contributed by atoms with Crippen molar-refractivity contribution < 1.29 is 37.5 Å². The second kappa shape index (κ2) is 13.0. The Kier molecular flexibility index (Phi) is 14.8. The molecule has 5 nitrogen and oxygen atoms in total. The summed E-state index contributed by atoms with van der Waals surface area (Å²) in [5.74, 6) is 0. The van der Waals surface area contributed by atoms with Gasteiger partial charge in [0, 0.05) is 38.8 Å². The van der Waals surface area contributed by atoms with Crippen molar-refractivity contribution in [3.63, 3.8) is 0 Å². The topological polar surface area (TPSA) is 91.5 Å². The van der Waals surface area contributed by atoms with Gasteiger partial charge in [0.1, 0.15) is 6.29 Å². The standard InChI is InChI=1S/C5H6N2O.C5H12N2.Y/c1-7-3-2-5(6)4-8;6-5-1-3-7-4-2-5;/h2-4H,1H3;5,7H,1-4,6H2;/q-2;;. The van der Waals surface area contributed by atoms with Gasteiger partial charge in [-0.15, -0.1) is 12.8 Å². The summed E-state index contributed by atoms with van der Waals surface area (Å²) in [5.41, 5.74) is 5.29. The molecule has 0 aromatic carbocycles. The van der Waals surface area contributed by atoms with E-state index in [1.54, 1.807) is 7.05 Å². The molecule has 0 unspecified atom stereocenters. The van der Waals surface area contributed by atoms with Gasteiger partial charge in [0.25, 0.3) is 0 Å². The molecular formula is C10H18N4OY-2. The Morgan fingerprint density at radius 3 is 2.38 bits per heavy atom. The zero-order chi connectivity index (χ0) is 11.5. The zero-order valence-corrected chi connectivity index (χ0v) is 12.4. The third kappa shape index (κ3) is 12.0. The molecule has 0 aromatic rings. The Morgan fingerprint density at radius 2 is 2.06 bits per heavy atom. The average molecular weight is 299 g/mol. The first-order valence-electron chi connectivity index (χ1n) is 4.93. The second-order valence-electron chi connectivity index (χ2n) is 3.20. The van der Waals surface area contributed by atoms with Crippen LogP contribution < -0.4 is 11.1 Å². The Balaban J connectivity index is 0. The van der Waals surface area contributed by atoms with Crippen molar-refractivity contribution in [3.05, 3.63) is 23.0 Å². The summed E-state index contributed by atoms with van der Waals surface area (Å²) in [7, 11) is 1.55. The van der Waals surface area contributed by atoms with Gasteiger partial charge in [-0.2, -0.15) is 6.20 Å². The van der Waals surface area contributed by atoms with Crippen LogP contribution in [0.5, 0.6) is 0 Å². The van der Waals surface area contributed by atoms with Crippen LogP contribution in [0.2, 0.25) is 0 Å². The molecule has 0 amide bonds. The van der Waals surface area contributed by atoms with Crippen molar-refractivity contribution in [1.29, 1.82) is 0 Å². The van der Waals surface area contributed by atoms with Gasteiger partial charge in [0.2, 0.25) is 0 Å². The van der Waals surface area contributed by atoms with Gasteiger partial charge >= 0.3 is 0 Å². The SMILES string of the molecule is C[N-]/C=C\C(=[N-])C=O.NC1CCNCC1.[Y]. The van der Waals surface area contributed by atoms with Crippen molar-refractivity contribution in [2.24, 2.45) is 5.73 Å². The number of aldehydes is 1. The van der Waals surface area contributed by atoms with Crippen LogP contribution >= 0.6 is 0 Å². The van der Waals surface area contributed by atoms with E-state index in [4.69, 9.17) is 11.1 Å². The fraction of sp³-hybridized carbons (Fsp3) is 0.600. The Morgan fingerprint density at radius 1 is 1.50 bits per heavy atom. The molecule has 0 spiro atoms. The van der Waals surface area contributed by atoms with Crippen LogP contribution in [0.1, 0.15) is 12.8 Å². The van der Waals surface area contributed by atoms with Crippen LogP contribution in [-0.4, -0.2) is 38.2 Å². The summed E-state index contributed by atoms with van der Waals surface area (Å²) >= 11 is 0. The first-order chi connectivity index (χ1) is 7.20. The van der Waals surface area contributed by atoms with Gasteiger partial charge in [-0.25, -0.2) is 0 Å². The maximum atomic E-state index is 9.63. The van der Waals surface area contributed by atoms with E-state index in [0.717, 1.165) is 25.9 Å². The molecule has 89 valence electrons. The van der Waals surface area contributed by atoms with Crippen LogP contribution in [0.4, 0.5) is 0 Å². The number of nitrogens with one attached hydrogen (secondary N) is 1. The fourth-order valence-corrected chi connectivity index (χ4v) is 1.03. The monoisotopic (exact) mass is 299 g/mol. The molecular weight excluding hydrogens is 281 g/mol. The number of piperidine rings is 1. The van der Waals surface area contributed by atoms with E-state index in [1.165, 1.54) is 12.3 Å². The molecule has 16 heavy (non-hydrogen) atoms. The third-order valence-electron chi connectivity index (χ3n) is 1.90. The molecule has 1 radical (unpaired) electrons. The molecule has 1 aliphatic heterocycles. The number of hydrogen-bond acceptors (Lipinski definition) is 3. The van der Waals surface area contributed by atoms with Crippen molar-refractivity contribution >= 4 is 12.0 Å². The molecule has 1 rings (SSSR count). The molecule has 1 saturated heterocycles. The predicted molar refractivity (Wildman–Crippen MR) is 62.9 cm³/mol. The van der Waals surface area contributed by atoms with E-state index < -0.39 is 0 Å². The van der Waals surface area contributed by atoms with E-state index in [0.29, 0.717) is 12.3 Å². The number of allylic oxidation sites excluding steroid dienone is 1. The van der Waals surface area contributed by atoms with E-state index in [1.807, 2.05) is 0 Å². The molecule has 6 heteroatoms. The number of rotatable bonds is 3. The van der Waals surface area contributed by atoms with Crippen LogP contribution in [0.25, 0.3) is 10.7 Å². The van der Waals surface area contributed by atoms with Crippen LogP contribution in [-0.2, 0) is 37.5 Å². The number of nitrogens with zero attached hydrogens (tertiary/aromatic N) is 2. The van der Waals surface area contributed by atoms with Crippen LogP contribution in [0.3, 0.4) is 0 Å². The van der Waals surface area contributed by atoms with Gasteiger partial charge in [-0.1, -0.05) is 6.08 Å². The first kappa shape index (κ1) is 18.3. The number of carbonyl (C=O) groups excluding carboxylic acids is 1. The Bertz CT molecular complexity index is 215. The maximum Gasteiger partial charge on any atom is 0.126 e. The second-order valence-corrected chi connectivity index (χ2v) is 3.20. The summed E-state index contributed by atoms with van der Waals surface area (Å²) in [4.78, 5) is 9.63. The molecule has 0 aliphatic carbocycles. The maximum absolute atomic E-state index is 9.63. The quantitative estimate of drug-likeness (QED) is 0.584. The number of nitrogens with two attached hydrogens (primary N) is 1. The molecule has 1 fully saturated rings. The molecule has 0 atom stereocenters. The largest absolute Gasteiger partial charge is 0.801 e. The summed E-state index contributed by atoms with van der Waals surface area (Å²) < 4.78 is 0. The van der Waals surface area contributed by atoms with Crippen molar-refractivity contribution in [2.45, 2.75) is 18.9 Å². The molecule has 0 aromatic heterocycles. The van der Waals surface area contributed by atoms with Gasteiger partial charge in [-0.3, -0.25) is 4.79 Å². The average Bonchev–Trinajstić information content (AvgIpc) is 2.28.